The van der Waals surface area contributed by atoms with Gasteiger partial charge in [0.2, 0.25) is 0 Å². The highest BCUT2D eigenvalue weighted by molar-refractivity contribution is 5.09. The molecule has 2 nitrogen and oxygen atoms in total. The highest BCUT2D eigenvalue weighted by atomic mass is 16.3. The average molecular weight is 333 g/mol. The van der Waals surface area contributed by atoms with E-state index in [0.29, 0.717) is 17.3 Å². The lowest BCUT2D eigenvalue weighted by Crippen LogP contribution is -2.51. The Morgan fingerprint density at radius 1 is 1.00 bits per heavy atom. The summed E-state index contributed by atoms with van der Waals surface area (Å²) in [5.74, 6) is 4.64. The van der Waals surface area contributed by atoms with Gasteiger partial charge in [-0.1, -0.05) is 13.0 Å². The summed E-state index contributed by atoms with van der Waals surface area (Å²) in [6, 6.07) is 0. The maximum absolute atomic E-state index is 10.7. The molecule has 0 aromatic carbocycles. The Hall–Kier alpha value is -0.340. The highest BCUT2D eigenvalue weighted by Gasteiger charge is 2.58. The lowest BCUT2D eigenvalue weighted by Gasteiger charge is -2.57. The van der Waals surface area contributed by atoms with E-state index in [2.05, 4.69) is 13.5 Å². The molecule has 4 aliphatic carbocycles. The van der Waals surface area contributed by atoms with Crippen molar-refractivity contribution in [2.24, 2.45) is 40.9 Å². The van der Waals surface area contributed by atoms with Crippen molar-refractivity contribution >= 4 is 0 Å². The number of aliphatic hydroxyl groups excluding tert-OH is 1. The van der Waals surface area contributed by atoms with Gasteiger partial charge < -0.3 is 10.2 Å². The van der Waals surface area contributed by atoms with Gasteiger partial charge in [-0.05, 0) is 106 Å². The van der Waals surface area contributed by atoms with Crippen molar-refractivity contribution in [1.82, 2.24) is 0 Å². The molecule has 0 amide bonds. The second-order valence-electron chi connectivity index (χ2n) is 9.95. The van der Waals surface area contributed by atoms with Crippen LogP contribution in [-0.2, 0) is 0 Å². The standard InChI is InChI=1S/C22H36O2/c1-4-22(24)12-10-16-15(13-22)5-6-18-17(16)9-11-21(3)19(14(2)23)7-8-20(18)21/h4,14-20,23-24H,1,5-13H2,2-3H3/t14?,15-,16+,17-,18-,19?,20+,21-,22+/m1/s1. The molecule has 24 heavy (non-hydrogen) atoms. The number of rotatable bonds is 2. The van der Waals surface area contributed by atoms with E-state index >= 15 is 0 Å². The minimum absolute atomic E-state index is 0.148. The zero-order chi connectivity index (χ0) is 17.1. The van der Waals surface area contributed by atoms with Crippen LogP contribution in [0.5, 0.6) is 0 Å². The summed E-state index contributed by atoms with van der Waals surface area (Å²) in [5, 5.41) is 20.9. The van der Waals surface area contributed by atoms with Crippen molar-refractivity contribution in [1.29, 1.82) is 0 Å². The van der Waals surface area contributed by atoms with Crippen LogP contribution in [-0.4, -0.2) is 21.9 Å². The van der Waals surface area contributed by atoms with Crippen LogP contribution >= 0.6 is 0 Å². The molecule has 0 saturated heterocycles. The average Bonchev–Trinajstić information content (AvgIpc) is 2.91. The van der Waals surface area contributed by atoms with Crippen molar-refractivity contribution in [2.45, 2.75) is 83.3 Å². The molecule has 4 rings (SSSR count). The molecule has 4 fully saturated rings. The smallest absolute Gasteiger partial charge is 0.0827 e. The third kappa shape index (κ3) is 2.43. The number of aliphatic hydroxyl groups is 2. The van der Waals surface area contributed by atoms with Gasteiger partial charge in [-0.2, -0.15) is 0 Å². The van der Waals surface area contributed by atoms with Crippen molar-refractivity contribution in [3.63, 3.8) is 0 Å². The predicted molar refractivity (Wildman–Crippen MR) is 97.4 cm³/mol. The maximum atomic E-state index is 10.7. The first kappa shape index (κ1) is 17.1. The Morgan fingerprint density at radius 2 is 1.75 bits per heavy atom. The van der Waals surface area contributed by atoms with E-state index in [1.807, 2.05) is 6.92 Å². The summed E-state index contributed by atoms with van der Waals surface area (Å²) >= 11 is 0. The Kier molecular flexibility index (Phi) is 4.16. The molecule has 9 atom stereocenters. The lowest BCUT2D eigenvalue weighted by atomic mass is 9.49. The van der Waals surface area contributed by atoms with Gasteiger partial charge in [-0.3, -0.25) is 0 Å². The third-order valence-electron chi connectivity index (χ3n) is 9.08. The van der Waals surface area contributed by atoms with Crippen LogP contribution in [0.4, 0.5) is 0 Å². The summed E-state index contributed by atoms with van der Waals surface area (Å²) in [6.45, 7) is 8.38. The van der Waals surface area contributed by atoms with Crippen molar-refractivity contribution in [3.8, 4) is 0 Å². The van der Waals surface area contributed by atoms with Crippen molar-refractivity contribution < 1.29 is 10.2 Å². The molecule has 0 bridgehead atoms. The van der Waals surface area contributed by atoms with Crippen LogP contribution in [0.25, 0.3) is 0 Å². The molecule has 0 spiro atoms. The summed E-state index contributed by atoms with van der Waals surface area (Å²) in [6.07, 6.45) is 12.6. The Bertz CT molecular complexity index is 500. The number of hydrogen-bond acceptors (Lipinski definition) is 2. The molecule has 2 N–H and O–H groups in total. The zero-order valence-electron chi connectivity index (χ0n) is 15.6. The molecule has 0 aromatic heterocycles. The fraction of sp³-hybridized carbons (Fsp3) is 0.909. The first-order valence-electron chi connectivity index (χ1n) is 10.4. The second kappa shape index (κ2) is 5.84. The van der Waals surface area contributed by atoms with Gasteiger partial charge in [0.25, 0.3) is 0 Å². The molecule has 2 heteroatoms. The fourth-order valence-electron chi connectivity index (χ4n) is 7.93. The van der Waals surface area contributed by atoms with E-state index in [0.717, 1.165) is 36.5 Å². The molecule has 4 saturated carbocycles. The van der Waals surface area contributed by atoms with E-state index in [1.165, 1.54) is 44.9 Å². The highest BCUT2D eigenvalue weighted by Crippen LogP contribution is 2.65. The van der Waals surface area contributed by atoms with Gasteiger partial charge in [-0.15, -0.1) is 6.58 Å². The lowest BCUT2D eigenvalue weighted by molar-refractivity contribution is -0.1000. The SMILES string of the molecule is C=C[C@]1(O)CC[C@H]2[C@H](CC[C@@H]3[C@@H]2CC[C@]2(C)C(C(C)O)CC[C@@H]32)C1. The first-order valence-corrected chi connectivity index (χ1v) is 10.4. The zero-order valence-corrected chi connectivity index (χ0v) is 15.6. The van der Waals surface area contributed by atoms with Gasteiger partial charge in [0, 0.05) is 0 Å². The number of fused-ring (bicyclic) bond motifs is 5. The fourth-order valence-corrected chi connectivity index (χ4v) is 7.93. The Labute approximate surface area is 147 Å². The monoisotopic (exact) mass is 332 g/mol. The van der Waals surface area contributed by atoms with Crippen LogP contribution in [0, 0.1) is 40.9 Å². The van der Waals surface area contributed by atoms with E-state index in [1.54, 1.807) is 6.08 Å². The van der Waals surface area contributed by atoms with Crippen LogP contribution in [0.1, 0.15) is 71.6 Å². The minimum atomic E-state index is -0.595. The summed E-state index contributed by atoms with van der Waals surface area (Å²) < 4.78 is 0. The van der Waals surface area contributed by atoms with Crippen LogP contribution in [0.2, 0.25) is 0 Å². The third-order valence-corrected chi connectivity index (χ3v) is 9.08. The van der Waals surface area contributed by atoms with E-state index in [-0.39, 0.29) is 6.10 Å². The first-order chi connectivity index (χ1) is 11.4. The molecule has 0 aromatic rings. The van der Waals surface area contributed by atoms with Gasteiger partial charge in [0.1, 0.15) is 0 Å². The van der Waals surface area contributed by atoms with Gasteiger partial charge >= 0.3 is 0 Å². The van der Waals surface area contributed by atoms with E-state index in [9.17, 15) is 10.2 Å². The van der Waals surface area contributed by atoms with E-state index in [4.69, 9.17) is 0 Å². The molecule has 4 aliphatic rings. The van der Waals surface area contributed by atoms with Gasteiger partial charge in [-0.25, -0.2) is 0 Å². The van der Waals surface area contributed by atoms with Crippen LogP contribution in [0.15, 0.2) is 12.7 Å². The Morgan fingerprint density at radius 3 is 2.46 bits per heavy atom. The van der Waals surface area contributed by atoms with Crippen molar-refractivity contribution in [2.75, 3.05) is 0 Å². The second-order valence-corrected chi connectivity index (χ2v) is 9.95. The van der Waals surface area contributed by atoms with Crippen LogP contribution in [0.3, 0.4) is 0 Å². The Balaban J connectivity index is 1.53. The normalized spacial score (nSPS) is 55.2. The molecule has 0 heterocycles. The van der Waals surface area contributed by atoms with Crippen LogP contribution < -0.4 is 0 Å². The largest absolute Gasteiger partial charge is 0.393 e. The number of hydrogen-bond donors (Lipinski definition) is 2. The summed E-state index contributed by atoms with van der Waals surface area (Å²) in [7, 11) is 0. The summed E-state index contributed by atoms with van der Waals surface area (Å²) in [5.41, 5.74) is -0.222. The quantitative estimate of drug-likeness (QED) is 0.728. The topological polar surface area (TPSA) is 40.5 Å². The molecule has 0 radical (unpaired) electrons. The van der Waals surface area contributed by atoms with E-state index < -0.39 is 5.60 Å². The minimum Gasteiger partial charge on any atom is -0.393 e. The molecular formula is C22H36O2. The molecule has 2 unspecified atom stereocenters. The predicted octanol–water partition coefficient (Wildman–Crippen LogP) is 4.55. The van der Waals surface area contributed by atoms with Gasteiger partial charge in [0.05, 0.1) is 11.7 Å². The van der Waals surface area contributed by atoms with Crippen molar-refractivity contribution in [3.05, 3.63) is 12.7 Å². The maximum Gasteiger partial charge on any atom is 0.0827 e. The molecular weight excluding hydrogens is 296 g/mol. The summed E-state index contributed by atoms with van der Waals surface area (Å²) in [4.78, 5) is 0. The molecule has 0 aliphatic heterocycles. The molecule has 136 valence electrons. The van der Waals surface area contributed by atoms with Gasteiger partial charge in [0.15, 0.2) is 0 Å².